The molecule has 2 N–H and O–H groups in total. The first kappa shape index (κ1) is 21.5. The Morgan fingerprint density at radius 3 is 2.50 bits per heavy atom. The fraction of sp³-hybridized carbons (Fsp3) is 0.263. The van der Waals surface area contributed by atoms with Crippen LogP contribution in [0.15, 0.2) is 53.4 Å². The summed E-state index contributed by atoms with van der Waals surface area (Å²) in [4.78, 5) is 25.8. The van der Waals surface area contributed by atoms with Crippen LogP contribution < -0.4 is 10.0 Å². The monoisotopic (exact) mass is 407 g/mol. The van der Waals surface area contributed by atoms with Gasteiger partial charge in [-0.1, -0.05) is 19.1 Å². The molecule has 9 heteroatoms. The molecule has 2 rings (SSSR count). The average Bonchev–Trinajstić information content (AvgIpc) is 2.65. The lowest BCUT2D eigenvalue weighted by molar-refractivity contribution is -0.116. The molecule has 150 valence electrons. The molecule has 0 unspecified atom stereocenters. The number of hydrogen-bond acceptors (Lipinski definition) is 4. The molecule has 0 aliphatic rings. The van der Waals surface area contributed by atoms with Crippen LogP contribution in [0, 0.1) is 5.82 Å². The van der Waals surface area contributed by atoms with E-state index in [1.165, 1.54) is 49.5 Å². The van der Waals surface area contributed by atoms with Crippen LogP contribution in [0.1, 0.15) is 23.7 Å². The van der Waals surface area contributed by atoms with Crippen molar-refractivity contribution in [3.63, 3.8) is 0 Å². The Morgan fingerprint density at radius 1 is 1.11 bits per heavy atom. The first-order valence-corrected chi connectivity index (χ1v) is 10.1. The predicted octanol–water partition coefficient (Wildman–Crippen LogP) is 2.22. The minimum absolute atomic E-state index is 0.0237. The number of rotatable bonds is 8. The van der Waals surface area contributed by atoms with Crippen LogP contribution in [0.25, 0.3) is 0 Å². The number of benzene rings is 2. The lowest BCUT2D eigenvalue weighted by Gasteiger charge is -2.17. The summed E-state index contributed by atoms with van der Waals surface area (Å²) >= 11 is 0. The number of carbonyl (C=O) groups is 2. The Balaban J connectivity index is 2.06. The topological polar surface area (TPSA) is 95.6 Å². The summed E-state index contributed by atoms with van der Waals surface area (Å²) < 4.78 is 40.0. The molecule has 0 atom stereocenters. The number of hydrogen-bond donors (Lipinski definition) is 2. The molecule has 2 aromatic rings. The Kier molecular flexibility index (Phi) is 7.24. The molecular weight excluding hydrogens is 385 g/mol. The third-order valence-electron chi connectivity index (χ3n) is 3.77. The lowest BCUT2D eigenvalue weighted by atomic mass is 10.2. The zero-order valence-corrected chi connectivity index (χ0v) is 16.4. The zero-order valence-electron chi connectivity index (χ0n) is 15.6. The van der Waals surface area contributed by atoms with Gasteiger partial charge in [0.25, 0.3) is 5.91 Å². The molecule has 2 amide bonds. The van der Waals surface area contributed by atoms with Crippen molar-refractivity contribution in [3.05, 3.63) is 59.9 Å². The summed E-state index contributed by atoms with van der Waals surface area (Å²) in [5.41, 5.74) is 0.418. The van der Waals surface area contributed by atoms with Crippen molar-refractivity contribution in [3.8, 4) is 0 Å². The largest absolute Gasteiger partial charge is 0.332 e. The number of halogens is 1. The van der Waals surface area contributed by atoms with E-state index in [2.05, 4.69) is 10.0 Å². The summed E-state index contributed by atoms with van der Waals surface area (Å²) in [6, 6.07) is 11.0. The molecule has 0 aliphatic carbocycles. The minimum atomic E-state index is -3.71. The van der Waals surface area contributed by atoms with Gasteiger partial charge in [0.05, 0.1) is 11.4 Å². The van der Waals surface area contributed by atoms with Gasteiger partial charge in [-0.2, -0.15) is 0 Å². The summed E-state index contributed by atoms with van der Waals surface area (Å²) in [5, 5.41) is 2.50. The smallest absolute Gasteiger partial charge is 0.254 e. The van der Waals surface area contributed by atoms with Crippen molar-refractivity contribution in [1.82, 2.24) is 9.62 Å². The number of likely N-dealkylation sites (N-methyl/N-ethyl adjacent to an activating group) is 1. The second kappa shape index (κ2) is 9.43. The number of amides is 2. The molecule has 0 saturated carbocycles. The Morgan fingerprint density at radius 2 is 1.82 bits per heavy atom. The molecule has 0 bridgehead atoms. The van der Waals surface area contributed by atoms with Crippen molar-refractivity contribution in [2.45, 2.75) is 18.2 Å². The lowest BCUT2D eigenvalue weighted by Crippen LogP contribution is -2.35. The van der Waals surface area contributed by atoms with Gasteiger partial charge < -0.3 is 10.2 Å². The van der Waals surface area contributed by atoms with Gasteiger partial charge in [0.2, 0.25) is 15.9 Å². The van der Waals surface area contributed by atoms with Crippen molar-refractivity contribution < 1.29 is 22.4 Å². The molecule has 0 aromatic heterocycles. The second-order valence-electron chi connectivity index (χ2n) is 6.15. The van der Waals surface area contributed by atoms with Gasteiger partial charge in [-0.25, -0.2) is 17.5 Å². The number of nitrogens with zero attached hydrogens (tertiary/aromatic N) is 1. The SMILES string of the molecule is CCCNS(=O)(=O)c1cccc(C(=O)N(C)CC(=O)Nc2cccc(F)c2)c1. The third kappa shape index (κ3) is 5.86. The molecule has 28 heavy (non-hydrogen) atoms. The van der Waals surface area contributed by atoms with Gasteiger partial charge in [0, 0.05) is 24.8 Å². The summed E-state index contributed by atoms with van der Waals surface area (Å²) in [6.07, 6.45) is 0.640. The normalized spacial score (nSPS) is 11.1. The molecule has 0 spiro atoms. The molecule has 7 nitrogen and oxygen atoms in total. The molecule has 0 saturated heterocycles. The van der Waals surface area contributed by atoms with Gasteiger partial charge >= 0.3 is 0 Å². The fourth-order valence-electron chi connectivity index (χ4n) is 2.39. The van der Waals surface area contributed by atoms with E-state index in [0.29, 0.717) is 13.0 Å². The molecule has 0 radical (unpaired) electrons. The molecule has 0 fully saturated rings. The van der Waals surface area contributed by atoms with Crippen LogP contribution in [0.4, 0.5) is 10.1 Å². The van der Waals surface area contributed by atoms with Gasteiger partial charge in [-0.3, -0.25) is 9.59 Å². The van der Waals surface area contributed by atoms with E-state index < -0.39 is 27.7 Å². The maximum atomic E-state index is 13.2. The molecule has 0 aliphatic heterocycles. The molecule has 2 aromatic carbocycles. The van der Waals surface area contributed by atoms with Gasteiger partial charge in [-0.15, -0.1) is 0 Å². The highest BCUT2D eigenvalue weighted by molar-refractivity contribution is 7.89. The molecule has 0 heterocycles. The van der Waals surface area contributed by atoms with E-state index in [0.717, 1.165) is 11.0 Å². The summed E-state index contributed by atoms with van der Waals surface area (Å²) in [6.45, 7) is 1.85. The maximum Gasteiger partial charge on any atom is 0.254 e. The number of carbonyl (C=O) groups excluding carboxylic acids is 2. The summed E-state index contributed by atoms with van der Waals surface area (Å²) in [5.74, 6) is -1.51. The van der Waals surface area contributed by atoms with E-state index in [-0.39, 0.29) is 22.7 Å². The first-order valence-electron chi connectivity index (χ1n) is 8.63. The van der Waals surface area contributed by atoms with E-state index in [1.54, 1.807) is 0 Å². The van der Waals surface area contributed by atoms with Crippen molar-refractivity contribution in [2.24, 2.45) is 0 Å². The summed E-state index contributed by atoms with van der Waals surface area (Å²) in [7, 11) is -2.29. The maximum absolute atomic E-state index is 13.2. The first-order chi connectivity index (χ1) is 13.2. The van der Waals surface area contributed by atoms with E-state index in [4.69, 9.17) is 0 Å². The van der Waals surface area contributed by atoms with Crippen molar-refractivity contribution >= 4 is 27.5 Å². The van der Waals surface area contributed by atoms with Crippen molar-refractivity contribution in [1.29, 1.82) is 0 Å². The fourth-order valence-corrected chi connectivity index (χ4v) is 3.57. The highest BCUT2D eigenvalue weighted by Gasteiger charge is 2.19. The third-order valence-corrected chi connectivity index (χ3v) is 5.23. The van der Waals surface area contributed by atoms with Crippen LogP contribution in [0.2, 0.25) is 0 Å². The number of sulfonamides is 1. The van der Waals surface area contributed by atoms with Crippen molar-refractivity contribution in [2.75, 3.05) is 25.5 Å². The minimum Gasteiger partial charge on any atom is -0.332 e. The highest BCUT2D eigenvalue weighted by atomic mass is 32.2. The van der Waals surface area contributed by atoms with Crippen LogP contribution >= 0.6 is 0 Å². The Bertz CT molecular complexity index is 963. The van der Waals surface area contributed by atoms with Crippen LogP contribution in [-0.2, 0) is 14.8 Å². The van der Waals surface area contributed by atoms with Gasteiger partial charge in [0.15, 0.2) is 0 Å². The van der Waals surface area contributed by atoms with Gasteiger partial charge in [0.1, 0.15) is 5.82 Å². The number of anilines is 1. The Labute approximate surface area is 163 Å². The van der Waals surface area contributed by atoms with Crippen LogP contribution in [0.5, 0.6) is 0 Å². The van der Waals surface area contributed by atoms with Crippen LogP contribution in [0.3, 0.4) is 0 Å². The Hall–Kier alpha value is -2.78. The molecular formula is C19H22FN3O4S. The van der Waals surface area contributed by atoms with Gasteiger partial charge in [-0.05, 0) is 42.8 Å². The standard InChI is InChI=1S/C19H22FN3O4S/c1-3-10-21-28(26,27)17-9-4-6-14(11-17)19(25)23(2)13-18(24)22-16-8-5-7-15(20)12-16/h4-9,11-12,21H,3,10,13H2,1-2H3,(H,22,24). The number of nitrogens with one attached hydrogen (secondary N) is 2. The van der Waals surface area contributed by atoms with Crippen LogP contribution in [-0.4, -0.2) is 45.3 Å². The average molecular weight is 407 g/mol. The van der Waals surface area contributed by atoms with E-state index in [9.17, 15) is 22.4 Å². The predicted molar refractivity (Wildman–Crippen MR) is 104 cm³/mol. The van der Waals surface area contributed by atoms with E-state index in [1.807, 2.05) is 6.92 Å². The van der Waals surface area contributed by atoms with E-state index >= 15 is 0 Å². The quantitative estimate of drug-likeness (QED) is 0.701. The highest BCUT2D eigenvalue weighted by Crippen LogP contribution is 2.14. The zero-order chi connectivity index (χ0) is 20.7. The second-order valence-corrected chi connectivity index (χ2v) is 7.91.